The first-order valence-corrected chi connectivity index (χ1v) is 3.54. The Labute approximate surface area is 63.8 Å². The predicted molar refractivity (Wildman–Crippen MR) is 40.0 cm³/mol. The molecule has 0 amide bonds. The molecule has 2 rings (SSSR count). The lowest BCUT2D eigenvalue weighted by Crippen LogP contribution is -2.20. The Morgan fingerprint density at radius 2 is 2.45 bits per heavy atom. The van der Waals surface area contributed by atoms with Gasteiger partial charge >= 0.3 is 0 Å². The highest BCUT2D eigenvalue weighted by Gasteiger charge is 2.12. The molecule has 0 saturated heterocycles. The number of nitrogens with zero attached hydrogens (tertiary/aromatic N) is 2. The SMILES string of the molecule is Cn1nc2c(cc1=O)CNC2. The van der Waals surface area contributed by atoms with E-state index in [-0.39, 0.29) is 5.56 Å². The molecule has 4 nitrogen and oxygen atoms in total. The van der Waals surface area contributed by atoms with Crippen LogP contribution in [0.2, 0.25) is 0 Å². The smallest absolute Gasteiger partial charge is 0.266 e. The van der Waals surface area contributed by atoms with E-state index in [1.165, 1.54) is 4.68 Å². The first-order chi connectivity index (χ1) is 5.27. The molecule has 4 heteroatoms. The van der Waals surface area contributed by atoms with Crippen LogP contribution in [0.1, 0.15) is 11.3 Å². The molecule has 58 valence electrons. The largest absolute Gasteiger partial charge is 0.307 e. The van der Waals surface area contributed by atoms with E-state index in [0.29, 0.717) is 0 Å². The second-order valence-corrected chi connectivity index (χ2v) is 2.68. The van der Waals surface area contributed by atoms with E-state index in [1.54, 1.807) is 13.1 Å². The van der Waals surface area contributed by atoms with Crippen molar-refractivity contribution in [1.82, 2.24) is 15.1 Å². The molecule has 1 aromatic rings. The summed E-state index contributed by atoms with van der Waals surface area (Å²) in [5.41, 5.74) is 1.99. The fourth-order valence-corrected chi connectivity index (χ4v) is 1.24. The van der Waals surface area contributed by atoms with Crippen LogP contribution in [0.15, 0.2) is 10.9 Å². The van der Waals surface area contributed by atoms with Crippen LogP contribution in [0.5, 0.6) is 0 Å². The van der Waals surface area contributed by atoms with Crippen molar-refractivity contribution in [2.24, 2.45) is 7.05 Å². The average molecular weight is 151 g/mol. The van der Waals surface area contributed by atoms with E-state index < -0.39 is 0 Å². The first-order valence-electron chi connectivity index (χ1n) is 3.54. The molecule has 1 aliphatic rings. The van der Waals surface area contributed by atoms with Gasteiger partial charge in [-0.1, -0.05) is 0 Å². The van der Waals surface area contributed by atoms with Crippen LogP contribution >= 0.6 is 0 Å². The summed E-state index contributed by atoms with van der Waals surface area (Å²) >= 11 is 0. The number of fused-ring (bicyclic) bond motifs is 1. The molecule has 1 aromatic heterocycles. The summed E-state index contributed by atoms with van der Waals surface area (Å²) in [6.07, 6.45) is 0. The normalized spacial score (nSPS) is 15.0. The number of aromatic nitrogens is 2. The lowest BCUT2D eigenvalue weighted by molar-refractivity contribution is 0.674. The van der Waals surface area contributed by atoms with Gasteiger partial charge in [-0.3, -0.25) is 4.79 Å². The average Bonchev–Trinajstić information content (AvgIpc) is 2.36. The molecular weight excluding hydrogens is 142 g/mol. The lowest BCUT2D eigenvalue weighted by Gasteiger charge is -1.98. The Morgan fingerprint density at radius 1 is 1.64 bits per heavy atom. The number of aryl methyl sites for hydroxylation is 1. The number of rotatable bonds is 0. The first kappa shape index (κ1) is 6.54. The van der Waals surface area contributed by atoms with Gasteiger partial charge in [0.25, 0.3) is 5.56 Å². The molecule has 0 spiro atoms. The van der Waals surface area contributed by atoms with Crippen molar-refractivity contribution in [2.45, 2.75) is 13.1 Å². The van der Waals surface area contributed by atoms with Gasteiger partial charge in [-0.05, 0) is 5.56 Å². The molecule has 0 bridgehead atoms. The molecule has 11 heavy (non-hydrogen) atoms. The van der Waals surface area contributed by atoms with E-state index in [1.807, 2.05) is 0 Å². The summed E-state index contributed by atoms with van der Waals surface area (Å²) in [5, 5.41) is 7.22. The summed E-state index contributed by atoms with van der Waals surface area (Å²) in [7, 11) is 1.67. The van der Waals surface area contributed by atoms with Crippen molar-refractivity contribution in [3.63, 3.8) is 0 Å². The van der Waals surface area contributed by atoms with E-state index in [9.17, 15) is 4.79 Å². The second kappa shape index (κ2) is 2.17. The highest BCUT2D eigenvalue weighted by atomic mass is 16.1. The maximum Gasteiger partial charge on any atom is 0.266 e. The third-order valence-corrected chi connectivity index (χ3v) is 1.87. The lowest BCUT2D eigenvalue weighted by atomic mass is 10.2. The molecule has 2 heterocycles. The Morgan fingerprint density at radius 3 is 3.27 bits per heavy atom. The Kier molecular flexibility index (Phi) is 1.29. The highest BCUT2D eigenvalue weighted by Crippen LogP contribution is 2.07. The van der Waals surface area contributed by atoms with E-state index >= 15 is 0 Å². The van der Waals surface area contributed by atoms with Gasteiger partial charge < -0.3 is 5.32 Å². The molecule has 0 fully saturated rings. The van der Waals surface area contributed by atoms with Crippen molar-refractivity contribution >= 4 is 0 Å². The molecule has 0 atom stereocenters. The van der Waals surface area contributed by atoms with E-state index in [0.717, 1.165) is 24.3 Å². The fourth-order valence-electron chi connectivity index (χ4n) is 1.24. The van der Waals surface area contributed by atoms with Gasteiger partial charge in [0.2, 0.25) is 0 Å². The van der Waals surface area contributed by atoms with Gasteiger partial charge in [0.1, 0.15) is 0 Å². The van der Waals surface area contributed by atoms with Crippen LogP contribution in [-0.2, 0) is 20.1 Å². The third-order valence-electron chi connectivity index (χ3n) is 1.87. The maximum atomic E-state index is 11.1. The Balaban J connectivity index is 2.66. The minimum atomic E-state index is -0.0348. The van der Waals surface area contributed by atoms with Crippen LogP contribution in [-0.4, -0.2) is 9.78 Å². The molecule has 0 radical (unpaired) electrons. The maximum absolute atomic E-state index is 11.1. The van der Waals surface area contributed by atoms with Crippen LogP contribution in [0.3, 0.4) is 0 Å². The van der Waals surface area contributed by atoms with Crippen molar-refractivity contribution in [3.8, 4) is 0 Å². The monoisotopic (exact) mass is 151 g/mol. The standard InChI is InChI=1S/C7H9N3O/c1-10-7(11)2-5-3-8-4-6(5)9-10/h2,8H,3-4H2,1H3. The number of nitrogens with one attached hydrogen (secondary N) is 1. The predicted octanol–water partition coefficient (Wildman–Crippen LogP) is -0.617. The topological polar surface area (TPSA) is 46.9 Å². The van der Waals surface area contributed by atoms with Gasteiger partial charge in [0, 0.05) is 26.2 Å². The van der Waals surface area contributed by atoms with Crippen molar-refractivity contribution in [2.75, 3.05) is 0 Å². The Hall–Kier alpha value is -1.16. The molecule has 0 aliphatic carbocycles. The summed E-state index contributed by atoms with van der Waals surface area (Å²) in [4.78, 5) is 11.1. The van der Waals surface area contributed by atoms with Crippen LogP contribution in [0, 0.1) is 0 Å². The van der Waals surface area contributed by atoms with Gasteiger partial charge in [-0.15, -0.1) is 0 Å². The van der Waals surface area contributed by atoms with Crippen LogP contribution in [0.4, 0.5) is 0 Å². The van der Waals surface area contributed by atoms with Gasteiger partial charge in [-0.2, -0.15) is 5.10 Å². The molecule has 1 aliphatic heterocycles. The zero-order valence-electron chi connectivity index (χ0n) is 6.29. The van der Waals surface area contributed by atoms with E-state index in [2.05, 4.69) is 10.4 Å². The zero-order valence-corrected chi connectivity index (χ0v) is 6.29. The van der Waals surface area contributed by atoms with Gasteiger partial charge in [-0.25, -0.2) is 4.68 Å². The molecule has 0 saturated carbocycles. The van der Waals surface area contributed by atoms with Gasteiger partial charge in [0.15, 0.2) is 0 Å². The Bertz CT molecular complexity index is 342. The summed E-state index contributed by atoms with van der Waals surface area (Å²) in [5.74, 6) is 0. The highest BCUT2D eigenvalue weighted by molar-refractivity contribution is 5.21. The molecule has 1 N–H and O–H groups in total. The second-order valence-electron chi connectivity index (χ2n) is 2.68. The van der Waals surface area contributed by atoms with Crippen molar-refractivity contribution in [1.29, 1.82) is 0 Å². The van der Waals surface area contributed by atoms with Crippen LogP contribution in [0.25, 0.3) is 0 Å². The zero-order chi connectivity index (χ0) is 7.84. The van der Waals surface area contributed by atoms with E-state index in [4.69, 9.17) is 0 Å². The minimum Gasteiger partial charge on any atom is -0.307 e. The minimum absolute atomic E-state index is 0.0348. The van der Waals surface area contributed by atoms with Crippen LogP contribution < -0.4 is 10.9 Å². The van der Waals surface area contributed by atoms with Crippen molar-refractivity contribution in [3.05, 3.63) is 27.7 Å². The van der Waals surface area contributed by atoms with Gasteiger partial charge in [0.05, 0.1) is 5.69 Å². The fraction of sp³-hybridized carbons (Fsp3) is 0.429. The quantitative estimate of drug-likeness (QED) is 0.537. The number of hydrogen-bond acceptors (Lipinski definition) is 3. The molecule has 0 aromatic carbocycles. The summed E-state index contributed by atoms with van der Waals surface area (Å²) in [6.45, 7) is 1.56. The summed E-state index contributed by atoms with van der Waals surface area (Å²) < 4.78 is 1.37. The molecular formula is C7H9N3O. The third kappa shape index (κ3) is 0.952. The summed E-state index contributed by atoms with van der Waals surface area (Å²) in [6, 6.07) is 1.64. The molecule has 0 unspecified atom stereocenters. The number of hydrogen-bond donors (Lipinski definition) is 1. The van der Waals surface area contributed by atoms with Crippen molar-refractivity contribution < 1.29 is 0 Å².